The van der Waals surface area contributed by atoms with Crippen molar-refractivity contribution in [3.8, 4) is 5.75 Å². The average Bonchev–Trinajstić information content (AvgIpc) is 3.14. The highest BCUT2D eigenvalue weighted by molar-refractivity contribution is 5.96. The van der Waals surface area contributed by atoms with E-state index >= 15 is 0 Å². The second-order valence-corrected chi connectivity index (χ2v) is 6.50. The number of hydrogen-bond donors (Lipinski definition) is 2. The van der Waals surface area contributed by atoms with E-state index in [1.165, 1.54) is 0 Å². The second kappa shape index (κ2) is 7.88. The lowest BCUT2D eigenvalue weighted by atomic mass is 10.2. The molecule has 4 aromatic rings. The van der Waals surface area contributed by atoms with Crippen LogP contribution in [0.25, 0.3) is 10.9 Å². The van der Waals surface area contributed by atoms with Crippen molar-refractivity contribution in [3.63, 3.8) is 0 Å². The molecule has 28 heavy (non-hydrogen) atoms. The van der Waals surface area contributed by atoms with Gasteiger partial charge in [-0.15, -0.1) is 0 Å². The van der Waals surface area contributed by atoms with Gasteiger partial charge in [-0.1, -0.05) is 60.7 Å². The van der Waals surface area contributed by atoms with Crippen LogP contribution >= 0.6 is 0 Å². The molecule has 0 amide bonds. The summed E-state index contributed by atoms with van der Waals surface area (Å²) in [5.74, 6) is 0.171. The molecule has 3 N–H and O–H groups in total. The largest absolute Gasteiger partial charge is 0.487 e. The molecule has 0 radical (unpaired) electrons. The first-order valence-electron chi connectivity index (χ1n) is 8.99. The maximum atomic E-state index is 12.4. The standard InChI is InChI=1S/C23H20N2O3/c24-19-13-20-18(12-22(19)27-14-16-7-3-1-4-8-16)11-21(25-20)23(26)28-15-17-9-5-2-6-10-17/h1-13,25H,14-15,24H2. The number of carbonyl (C=O) groups excluding carboxylic acids is 1. The van der Waals surface area contributed by atoms with E-state index in [-0.39, 0.29) is 6.61 Å². The van der Waals surface area contributed by atoms with Gasteiger partial charge in [-0.3, -0.25) is 0 Å². The molecule has 5 heteroatoms. The van der Waals surface area contributed by atoms with Gasteiger partial charge < -0.3 is 20.2 Å². The van der Waals surface area contributed by atoms with Gasteiger partial charge >= 0.3 is 5.97 Å². The smallest absolute Gasteiger partial charge is 0.355 e. The van der Waals surface area contributed by atoms with Crippen molar-refractivity contribution in [2.75, 3.05) is 5.73 Å². The first-order chi connectivity index (χ1) is 13.7. The predicted molar refractivity (Wildman–Crippen MR) is 109 cm³/mol. The van der Waals surface area contributed by atoms with Crippen LogP contribution in [0.2, 0.25) is 0 Å². The van der Waals surface area contributed by atoms with Crippen molar-refractivity contribution >= 4 is 22.6 Å². The van der Waals surface area contributed by atoms with Gasteiger partial charge in [-0.25, -0.2) is 4.79 Å². The van der Waals surface area contributed by atoms with Crippen LogP contribution in [0.1, 0.15) is 21.6 Å². The lowest BCUT2D eigenvalue weighted by Gasteiger charge is -2.09. The topological polar surface area (TPSA) is 77.3 Å². The third-order valence-corrected chi connectivity index (χ3v) is 4.42. The van der Waals surface area contributed by atoms with Gasteiger partial charge in [-0.05, 0) is 29.3 Å². The normalized spacial score (nSPS) is 10.7. The summed E-state index contributed by atoms with van der Waals surface area (Å²) >= 11 is 0. The third kappa shape index (κ3) is 3.99. The first-order valence-corrected chi connectivity index (χ1v) is 8.99. The van der Waals surface area contributed by atoms with Crippen molar-refractivity contribution in [1.82, 2.24) is 4.98 Å². The molecule has 0 saturated carbocycles. The Morgan fingerprint density at radius 2 is 1.50 bits per heavy atom. The number of carbonyl (C=O) groups is 1. The minimum absolute atomic E-state index is 0.225. The molecular weight excluding hydrogens is 352 g/mol. The molecule has 1 aromatic heterocycles. The molecule has 0 saturated heterocycles. The Morgan fingerprint density at radius 1 is 0.857 bits per heavy atom. The average molecular weight is 372 g/mol. The zero-order chi connectivity index (χ0) is 19.3. The van der Waals surface area contributed by atoms with Crippen LogP contribution in [0, 0.1) is 0 Å². The molecular formula is C23H20N2O3. The van der Waals surface area contributed by atoms with Crippen molar-refractivity contribution in [1.29, 1.82) is 0 Å². The molecule has 3 aromatic carbocycles. The van der Waals surface area contributed by atoms with E-state index in [2.05, 4.69) is 4.98 Å². The van der Waals surface area contributed by atoms with Gasteiger partial charge in [0.1, 0.15) is 24.7 Å². The van der Waals surface area contributed by atoms with E-state index in [0.29, 0.717) is 23.7 Å². The highest BCUT2D eigenvalue weighted by atomic mass is 16.5. The zero-order valence-electron chi connectivity index (χ0n) is 15.2. The Kier molecular flexibility index (Phi) is 4.97. The number of nitrogens with two attached hydrogens (primary N) is 1. The van der Waals surface area contributed by atoms with Gasteiger partial charge in [0.05, 0.1) is 5.69 Å². The van der Waals surface area contributed by atoms with Gasteiger partial charge in [0.25, 0.3) is 0 Å². The number of anilines is 1. The molecule has 0 bridgehead atoms. The van der Waals surface area contributed by atoms with Crippen LogP contribution in [0.5, 0.6) is 5.75 Å². The summed E-state index contributed by atoms with van der Waals surface area (Å²) < 4.78 is 11.2. The molecule has 4 rings (SSSR count). The van der Waals surface area contributed by atoms with Crippen molar-refractivity contribution in [3.05, 3.63) is 95.7 Å². The summed E-state index contributed by atoms with van der Waals surface area (Å²) in [6, 6.07) is 24.8. The number of H-pyrrole nitrogens is 1. The van der Waals surface area contributed by atoms with E-state index in [9.17, 15) is 4.79 Å². The fraction of sp³-hybridized carbons (Fsp3) is 0.0870. The summed E-state index contributed by atoms with van der Waals surface area (Å²) in [5.41, 5.74) is 9.75. The number of fused-ring (bicyclic) bond motifs is 1. The van der Waals surface area contributed by atoms with Gasteiger partial charge in [-0.2, -0.15) is 0 Å². The number of benzene rings is 3. The fourth-order valence-electron chi connectivity index (χ4n) is 2.95. The van der Waals surface area contributed by atoms with Gasteiger partial charge in [0.2, 0.25) is 0 Å². The van der Waals surface area contributed by atoms with Crippen LogP contribution in [-0.2, 0) is 18.0 Å². The maximum Gasteiger partial charge on any atom is 0.355 e. The quantitative estimate of drug-likeness (QED) is 0.380. The number of hydrogen-bond acceptors (Lipinski definition) is 4. The minimum atomic E-state index is -0.412. The second-order valence-electron chi connectivity index (χ2n) is 6.50. The van der Waals surface area contributed by atoms with Gasteiger partial charge in [0.15, 0.2) is 0 Å². The number of aromatic nitrogens is 1. The van der Waals surface area contributed by atoms with E-state index in [1.54, 1.807) is 12.1 Å². The Labute approximate surface area is 162 Å². The highest BCUT2D eigenvalue weighted by Gasteiger charge is 2.13. The van der Waals surface area contributed by atoms with Crippen molar-refractivity contribution < 1.29 is 14.3 Å². The van der Waals surface area contributed by atoms with E-state index in [4.69, 9.17) is 15.2 Å². The number of aromatic amines is 1. The summed E-state index contributed by atoms with van der Waals surface area (Å²) in [6.45, 7) is 0.648. The Bertz CT molecular complexity index is 1090. The maximum absolute atomic E-state index is 12.4. The lowest BCUT2D eigenvalue weighted by Crippen LogP contribution is -2.05. The molecule has 0 atom stereocenters. The molecule has 5 nitrogen and oxygen atoms in total. The monoisotopic (exact) mass is 372 g/mol. The number of esters is 1. The number of ether oxygens (including phenoxy) is 2. The van der Waals surface area contributed by atoms with E-state index in [1.807, 2.05) is 66.7 Å². The minimum Gasteiger partial charge on any atom is -0.487 e. The Balaban J connectivity index is 1.48. The summed E-state index contributed by atoms with van der Waals surface area (Å²) in [7, 11) is 0. The molecule has 0 aliphatic carbocycles. The number of rotatable bonds is 6. The van der Waals surface area contributed by atoms with Crippen LogP contribution in [0.15, 0.2) is 78.9 Å². The number of nitrogens with one attached hydrogen (secondary N) is 1. The lowest BCUT2D eigenvalue weighted by molar-refractivity contribution is 0.0467. The summed E-state index contributed by atoms with van der Waals surface area (Å²) in [4.78, 5) is 15.4. The van der Waals surface area contributed by atoms with Crippen molar-refractivity contribution in [2.45, 2.75) is 13.2 Å². The zero-order valence-corrected chi connectivity index (χ0v) is 15.2. The molecule has 140 valence electrons. The van der Waals surface area contributed by atoms with E-state index in [0.717, 1.165) is 22.0 Å². The Morgan fingerprint density at radius 3 is 2.18 bits per heavy atom. The van der Waals surface area contributed by atoms with Gasteiger partial charge in [0, 0.05) is 10.9 Å². The molecule has 0 unspecified atom stereocenters. The summed E-state index contributed by atoms with van der Waals surface area (Å²) in [5, 5.41) is 0.837. The number of nitrogen functional groups attached to an aromatic ring is 1. The summed E-state index contributed by atoms with van der Waals surface area (Å²) in [6.07, 6.45) is 0. The molecule has 0 spiro atoms. The Hall–Kier alpha value is -3.73. The van der Waals surface area contributed by atoms with Crippen LogP contribution < -0.4 is 10.5 Å². The molecule has 0 fully saturated rings. The predicted octanol–water partition coefficient (Wildman–Crippen LogP) is 4.69. The van der Waals surface area contributed by atoms with Crippen LogP contribution in [0.4, 0.5) is 5.69 Å². The fourth-order valence-corrected chi connectivity index (χ4v) is 2.95. The third-order valence-electron chi connectivity index (χ3n) is 4.42. The van der Waals surface area contributed by atoms with Crippen molar-refractivity contribution in [2.24, 2.45) is 0 Å². The molecule has 1 heterocycles. The molecule has 0 aliphatic rings. The van der Waals surface area contributed by atoms with E-state index < -0.39 is 5.97 Å². The first kappa shape index (κ1) is 17.7. The highest BCUT2D eigenvalue weighted by Crippen LogP contribution is 2.29. The van der Waals surface area contributed by atoms with Crippen LogP contribution in [0.3, 0.4) is 0 Å². The SMILES string of the molecule is Nc1cc2[nH]c(C(=O)OCc3ccccc3)cc2cc1OCc1ccccc1. The van der Waals surface area contributed by atoms with Crippen LogP contribution in [-0.4, -0.2) is 11.0 Å². The molecule has 0 aliphatic heterocycles.